The van der Waals surface area contributed by atoms with Gasteiger partial charge in [0, 0.05) is 4.88 Å². The number of aromatic carboxylic acids is 1. The lowest BCUT2D eigenvalue weighted by molar-refractivity contribution is 0.0697. The maximum Gasteiger partial charge on any atom is 0.339 e. The minimum Gasteiger partial charge on any atom is -0.478 e. The number of hydrogen-bond acceptors (Lipinski definition) is 5. The van der Waals surface area contributed by atoms with Crippen LogP contribution in [-0.4, -0.2) is 29.7 Å². The third-order valence-corrected chi connectivity index (χ3v) is 5.99. The normalized spacial score (nSPS) is 14.7. The van der Waals surface area contributed by atoms with Gasteiger partial charge in [-0.05, 0) is 37.3 Å². The molecule has 0 amide bonds. The van der Waals surface area contributed by atoms with Crippen LogP contribution in [0.3, 0.4) is 0 Å². The molecule has 2 aromatic heterocycles. The van der Waals surface area contributed by atoms with Crippen LogP contribution >= 0.6 is 11.3 Å². The number of carbonyl (C=O) groups is 1. The number of H-pyrrole nitrogens is 1. The summed E-state index contributed by atoms with van der Waals surface area (Å²) in [4.78, 5) is 12.4. The quantitative estimate of drug-likeness (QED) is 0.793. The number of nitrogens with zero attached hydrogens (tertiary/aromatic N) is 1. The van der Waals surface area contributed by atoms with E-state index in [2.05, 4.69) is 14.9 Å². The van der Waals surface area contributed by atoms with Crippen LogP contribution in [0.2, 0.25) is 0 Å². The largest absolute Gasteiger partial charge is 0.478 e. The van der Waals surface area contributed by atoms with E-state index in [1.807, 2.05) is 0 Å². The number of carboxylic acid groups (broad SMARTS) is 1. The summed E-state index contributed by atoms with van der Waals surface area (Å²) < 4.78 is 26.7. The van der Waals surface area contributed by atoms with Gasteiger partial charge in [0.25, 0.3) is 10.0 Å². The molecule has 1 aliphatic rings. The van der Waals surface area contributed by atoms with Crippen LogP contribution in [0.15, 0.2) is 17.3 Å². The highest BCUT2D eigenvalue weighted by atomic mass is 32.2. The van der Waals surface area contributed by atoms with Crippen LogP contribution in [-0.2, 0) is 22.9 Å². The fraction of sp³-hybridized carbons (Fsp3) is 0.333. The van der Waals surface area contributed by atoms with Crippen molar-refractivity contribution in [3.8, 4) is 0 Å². The summed E-state index contributed by atoms with van der Waals surface area (Å²) in [6, 6.07) is 1.32. The molecule has 0 bridgehead atoms. The highest BCUT2D eigenvalue weighted by Crippen LogP contribution is 2.38. The predicted molar refractivity (Wildman–Crippen MR) is 77.3 cm³/mol. The van der Waals surface area contributed by atoms with Crippen molar-refractivity contribution in [3.63, 3.8) is 0 Å². The molecule has 112 valence electrons. The minimum atomic E-state index is -3.85. The highest BCUT2D eigenvalue weighted by molar-refractivity contribution is 7.92. The first-order chi connectivity index (χ1) is 9.99. The molecule has 0 unspecified atom stereocenters. The molecule has 0 aliphatic heterocycles. The van der Waals surface area contributed by atoms with Crippen molar-refractivity contribution in [2.75, 3.05) is 4.72 Å². The zero-order valence-corrected chi connectivity index (χ0v) is 12.6. The van der Waals surface area contributed by atoms with Crippen molar-refractivity contribution in [3.05, 3.63) is 28.3 Å². The highest BCUT2D eigenvalue weighted by Gasteiger charge is 2.28. The van der Waals surface area contributed by atoms with Gasteiger partial charge in [-0.1, -0.05) is 0 Å². The molecule has 0 saturated heterocycles. The van der Waals surface area contributed by atoms with E-state index in [1.165, 1.54) is 23.6 Å². The Morgan fingerprint density at radius 2 is 2.14 bits per heavy atom. The summed E-state index contributed by atoms with van der Waals surface area (Å²) in [6.45, 7) is 0. The zero-order chi connectivity index (χ0) is 15.0. The minimum absolute atomic E-state index is 0.0813. The van der Waals surface area contributed by atoms with Crippen LogP contribution in [0, 0.1) is 0 Å². The number of fused-ring (bicyclic) bond motifs is 1. The van der Waals surface area contributed by atoms with Crippen LogP contribution in [0.5, 0.6) is 0 Å². The molecule has 0 spiro atoms. The number of aromatic nitrogens is 2. The SMILES string of the molecule is O=C(O)c1c(NS(=O)(=O)c2ccn[nH]2)sc2c1CCCC2. The second kappa shape index (κ2) is 5.15. The molecular formula is C12H13N3O4S2. The standard InChI is InChI=1S/C12H13N3O4S2/c16-12(17)10-7-3-1-2-4-8(7)20-11(10)15-21(18,19)9-5-6-13-14-9/h5-6,15H,1-4H2,(H,13,14)(H,16,17). The van der Waals surface area contributed by atoms with E-state index in [-0.39, 0.29) is 15.6 Å². The number of aryl methyl sites for hydroxylation is 1. The number of carboxylic acids is 1. The summed E-state index contributed by atoms with van der Waals surface area (Å²) in [7, 11) is -3.85. The first kappa shape index (κ1) is 14.1. The molecule has 1 aliphatic carbocycles. The molecule has 0 saturated carbocycles. The van der Waals surface area contributed by atoms with E-state index < -0.39 is 16.0 Å². The van der Waals surface area contributed by atoms with Crippen molar-refractivity contribution in [1.82, 2.24) is 10.2 Å². The monoisotopic (exact) mass is 327 g/mol. The molecule has 3 N–H and O–H groups in total. The van der Waals surface area contributed by atoms with Gasteiger partial charge in [-0.15, -0.1) is 11.3 Å². The topological polar surface area (TPSA) is 112 Å². The molecule has 7 nitrogen and oxygen atoms in total. The number of rotatable bonds is 4. The van der Waals surface area contributed by atoms with Crippen LogP contribution < -0.4 is 4.72 Å². The van der Waals surface area contributed by atoms with Gasteiger partial charge in [-0.2, -0.15) is 13.5 Å². The van der Waals surface area contributed by atoms with E-state index in [9.17, 15) is 18.3 Å². The Kier molecular flexibility index (Phi) is 3.46. The molecule has 2 aromatic rings. The number of thiophene rings is 1. The van der Waals surface area contributed by atoms with Crippen LogP contribution in [0.4, 0.5) is 5.00 Å². The molecule has 0 fully saturated rings. The Bertz CT molecular complexity index is 778. The van der Waals surface area contributed by atoms with E-state index in [0.29, 0.717) is 6.42 Å². The fourth-order valence-electron chi connectivity index (χ4n) is 2.43. The van der Waals surface area contributed by atoms with E-state index >= 15 is 0 Å². The van der Waals surface area contributed by atoms with Crippen LogP contribution in [0.1, 0.15) is 33.6 Å². The molecule has 2 heterocycles. The van der Waals surface area contributed by atoms with Gasteiger partial charge in [0.1, 0.15) is 5.00 Å². The molecular weight excluding hydrogens is 314 g/mol. The summed E-state index contributed by atoms with van der Waals surface area (Å²) in [5.41, 5.74) is 0.846. The lowest BCUT2D eigenvalue weighted by atomic mass is 9.96. The lowest BCUT2D eigenvalue weighted by Crippen LogP contribution is -2.15. The maximum absolute atomic E-state index is 12.2. The van der Waals surface area contributed by atoms with Gasteiger partial charge in [0.15, 0.2) is 5.03 Å². The molecule has 0 aromatic carbocycles. The Hall–Kier alpha value is -1.87. The van der Waals surface area contributed by atoms with Gasteiger partial charge in [0.2, 0.25) is 0 Å². The summed E-state index contributed by atoms with van der Waals surface area (Å²) in [5.74, 6) is -1.10. The molecule has 0 radical (unpaired) electrons. The molecule has 21 heavy (non-hydrogen) atoms. The van der Waals surface area contributed by atoms with Gasteiger partial charge < -0.3 is 5.11 Å². The first-order valence-corrected chi connectivity index (χ1v) is 8.69. The van der Waals surface area contributed by atoms with Gasteiger partial charge >= 0.3 is 5.97 Å². The second-order valence-corrected chi connectivity index (χ2v) is 7.50. The van der Waals surface area contributed by atoms with Crippen molar-refractivity contribution in [2.24, 2.45) is 0 Å². The van der Waals surface area contributed by atoms with Gasteiger partial charge in [0.05, 0.1) is 11.8 Å². The third-order valence-electron chi connectivity index (χ3n) is 3.38. The number of anilines is 1. The van der Waals surface area contributed by atoms with E-state index in [0.717, 1.165) is 29.7 Å². The molecule has 9 heteroatoms. The van der Waals surface area contributed by atoms with Crippen molar-refractivity contribution in [1.29, 1.82) is 0 Å². The summed E-state index contributed by atoms with van der Waals surface area (Å²) >= 11 is 1.21. The lowest BCUT2D eigenvalue weighted by Gasteiger charge is -2.10. The third kappa shape index (κ3) is 2.54. The smallest absolute Gasteiger partial charge is 0.339 e. The first-order valence-electron chi connectivity index (χ1n) is 6.39. The van der Waals surface area contributed by atoms with E-state index in [1.54, 1.807) is 0 Å². The van der Waals surface area contributed by atoms with Crippen molar-refractivity contribution in [2.45, 2.75) is 30.7 Å². The average molecular weight is 327 g/mol. The Morgan fingerprint density at radius 1 is 1.38 bits per heavy atom. The number of nitrogens with one attached hydrogen (secondary N) is 2. The van der Waals surface area contributed by atoms with Gasteiger partial charge in [-0.3, -0.25) is 9.82 Å². The van der Waals surface area contributed by atoms with Crippen molar-refractivity contribution >= 4 is 32.3 Å². The summed E-state index contributed by atoms with van der Waals surface area (Å²) in [6.07, 6.45) is 4.73. The number of aromatic amines is 1. The Labute approximate surface area is 125 Å². The number of hydrogen-bond donors (Lipinski definition) is 3. The Morgan fingerprint density at radius 3 is 2.81 bits per heavy atom. The van der Waals surface area contributed by atoms with Crippen LogP contribution in [0.25, 0.3) is 0 Å². The maximum atomic E-state index is 12.2. The molecule has 0 atom stereocenters. The van der Waals surface area contributed by atoms with E-state index in [4.69, 9.17) is 0 Å². The second-order valence-electron chi connectivity index (χ2n) is 4.75. The fourth-order valence-corrected chi connectivity index (χ4v) is 4.93. The zero-order valence-electron chi connectivity index (χ0n) is 10.9. The molecule has 3 rings (SSSR count). The Balaban J connectivity index is 2.03. The number of sulfonamides is 1. The summed E-state index contributed by atoms with van der Waals surface area (Å²) in [5, 5.41) is 15.4. The predicted octanol–water partition coefficient (Wildman–Crippen LogP) is 1.85. The van der Waals surface area contributed by atoms with Crippen molar-refractivity contribution < 1.29 is 18.3 Å². The average Bonchev–Trinajstić information content (AvgIpc) is 3.05. The van der Waals surface area contributed by atoms with Gasteiger partial charge in [-0.25, -0.2) is 4.79 Å².